The van der Waals surface area contributed by atoms with Gasteiger partial charge in [0, 0.05) is 25.4 Å². The van der Waals surface area contributed by atoms with Crippen LogP contribution in [0.25, 0.3) is 0 Å². The molecule has 0 bridgehead atoms. The molecule has 0 fully saturated rings. The molecule has 1 rings (SSSR count). The molecule has 0 saturated heterocycles. The van der Waals surface area contributed by atoms with Crippen molar-refractivity contribution in [3.63, 3.8) is 0 Å². The molecular weight excluding hydrogens is 226 g/mol. The highest BCUT2D eigenvalue weighted by Crippen LogP contribution is 2.11. The van der Waals surface area contributed by atoms with E-state index in [1.54, 1.807) is 6.20 Å². The van der Waals surface area contributed by atoms with Crippen LogP contribution in [-0.4, -0.2) is 21.9 Å². The van der Waals surface area contributed by atoms with E-state index in [-0.39, 0.29) is 5.78 Å². The number of rotatable bonds is 9. The highest BCUT2D eigenvalue weighted by Gasteiger charge is 2.10. The lowest BCUT2D eigenvalue weighted by Crippen LogP contribution is -2.12. The normalized spacial score (nSPS) is 12.6. The number of aromatic nitrogens is 2. The first-order valence-corrected chi connectivity index (χ1v) is 6.89. The average molecular weight is 251 g/mol. The van der Waals surface area contributed by atoms with Gasteiger partial charge in [-0.25, -0.2) is 4.98 Å². The van der Waals surface area contributed by atoms with Crippen LogP contribution in [0.15, 0.2) is 12.4 Å². The van der Waals surface area contributed by atoms with Crippen LogP contribution >= 0.6 is 0 Å². The number of carbonyl (C=O) groups excluding carboxylic acids is 1. The maximum Gasteiger partial charge on any atom is 0.140 e. The second-order valence-electron chi connectivity index (χ2n) is 4.97. The second-order valence-corrected chi connectivity index (χ2v) is 4.97. The van der Waals surface area contributed by atoms with Gasteiger partial charge in [-0.05, 0) is 31.7 Å². The third kappa shape index (κ3) is 5.00. The van der Waals surface area contributed by atoms with Gasteiger partial charge in [0.25, 0.3) is 0 Å². The lowest BCUT2D eigenvalue weighted by Gasteiger charge is -2.09. The van der Waals surface area contributed by atoms with Gasteiger partial charge in [0.2, 0.25) is 0 Å². The molecule has 1 heterocycles. The topological polar surface area (TPSA) is 60.9 Å². The molecule has 2 N–H and O–H groups in total. The van der Waals surface area contributed by atoms with Gasteiger partial charge < -0.3 is 10.3 Å². The molecule has 0 radical (unpaired) electrons. The van der Waals surface area contributed by atoms with Crippen LogP contribution in [0, 0.1) is 5.92 Å². The molecule has 0 aliphatic carbocycles. The quantitative estimate of drug-likeness (QED) is 0.731. The molecular formula is C14H25N3O. The van der Waals surface area contributed by atoms with E-state index in [1.807, 2.05) is 6.20 Å². The molecule has 1 aromatic heterocycles. The summed E-state index contributed by atoms with van der Waals surface area (Å²) < 4.78 is 2.07. The number of Topliss-reactive ketones (excluding diaryl/α,β-unsaturated/α-hetero) is 1. The molecule has 4 heteroatoms. The average Bonchev–Trinajstić information content (AvgIpc) is 2.75. The van der Waals surface area contributed by atoms with Crippen LogP contribution in [0.2, 0.25) is 0 Å². The molecule has 1 unspecified atom stereocenters. The van der Waals surface area contributed by atoms with Gasteiger partial charge in [-0.3, -0.25) is 4.79 Å². The highest BCUT2D eigenvalue weighted by molar-refractivity contribution is 5.80. The summed E-state index contributed by atoms with van der Waals surface area (Å²) >= 11 is 0. The zero-order valence-electron chi connectivity index (χ0n) is 11.6. The first-order chi connectivity index (χ1) is 8.67. The van der Waals surface area contributed by atoms with Gasteiger partial charge in [-0.1, -0.05) is 13.8 Å². The number of carbonyl (C=O) groups is 1. The van der Waals surface area contributed by atoms with E-state index >= 15 is 0 Å². The van der Waals surface area contributed by atoms with Crippen LogP contribution in [0.1, 0.15) is 45.4 Å². The SMILES string of the molecule is CCCn1ccnc1CC(=O)CCC(C)CCN. The highest BCUT2D eigenvalue weighted by atomic mass is 16.1. The third-order valence-electron chi connectivity index (χ3n) is 3.20. The Morgan fingerprint density at radius 2 is 2.28 bits per heavy atom. The number of nitrogens with zero attached hydrogens (tertiary/aromatic N) is 2. The third-order valence-corrected chi connectivity index (χ3v) is 3.20. The molecule has 1 aromatic rings. The minimum atomic E-state index is 0.280. The molecule has 102 valence electrons. The monoisotopic (exact) mass is 251 g/mol. The van der Waals surface area contributed by atoms with Crippen molar-refractivity contribution in [2.24, 2.45) is 11.7 Å². The van der Waals surface area contributed by atoms with E-state index in [4.69, 9.17) is 5.73 Å². The number of hydrogen-bond donors (Lipinski definition) is 1. The predicted molar refractivity (Wildman–Crippen MR) is 73.3 cm³/mol. The van der Waals surface area contributed by atoms with Gasteiger partial charge in [0.05, 0.1) is 6.42 Å². The number of hydrogen-bond acceptors (Lipinski definition) is 3. The van der Waals surface area contributed by atoms with E-state index in [0.717, 1.165) is 31.6 Å². The van der Waals surface area contributed by atoms with Gasteiger partial charge in [0.1, 0.15) is 11.6 Å². The molecule has 0 spiro atoms. The Morgan fingerprint density at radius 1 is 1.50 bits per heavy atom. The van der Waals surface area contributed by atoms with E-state index in [2.05, 4.69) is 23.4 Å². The van der Waals surface area contributed by atoms with Crippen molar-refractivity contribution >= 4 is 5.78 Å². The Balaban J connectivity index is 2.37. The number of nitrogens with two attached hydrogens (primary N) is 1. The smallest absolute Gasteiger partial charge is 0.140 e. The fourth-order valence-electron chi connectivity index (χ4n) is 2.05. The molecule has 1 atom stereocenters. The van der Waals surface area contributed by atoms with Crippen LogP contribution in [0.4, 0.5) is 0 Å². The Kier molecular flexibility index (Phi) is 6.65. The number of imidazole rings is 1. The summed E-state index contributed by atoms with van der Waals surface area (Å²) in [7, 11) is 0. The Hall–Kier alpha value is -1.16. The first-order valence-electron chi connectivity index (χ1n) is 6.89. The van der Waals surface area contributed by atoms with Crippen molar-refractivity contribution in [2.45, 2.75) is 52.5 Å². The van der Waals surface area contributed by atoms with E-state index in [0.29, 0.717) is 25.3 Å². The van der Waals surface area contributed by atoms with Gasteiger partial charge in [-0.15, -0.1) is 0 Å². The fourth-order valence-corrected chi connectivity index (χ4v) is 2.05. The lowest BCUT2D eigenvalue weighted by molar-refractivity contribution is -0.118. The summed E-state index contributed by atoms with van der Waals surface area (Å²) in [4.78, 5) is 16.2. The van der Waals surface area contributed by atoms with Crippen LogP contribution in [0.5, 0.6) is 0 Å². The lowest BCUT2D eigenvalue weighted by atomic mass is 9.99. The summed E-state index contributed by atoms with van der Waals surface area (Å²) in [5.41, 5.74) is 5.50. The van der Waals surface area contributed by atoms with Crippen LogP contribution in [-0.2, 0) is 17.8 Å². The minimum Gasteiger partial charge on any atom is -0.335 e. The summed E-state index contributed by atoms with van der Waals surface area (Å²) in [6.45, 7) is 5.92. The van der Waals surface area contributed by atoms with Crippen molar-refractivity contribution in [1.82, 2.24) is 9.55 Å². The Labute approximate surface area is 110 Å². The first kappa shape index (κ1) is 14.9. The molecule has 0 saturated carbocycles. The summed E-state index contributed by atoms with van der Waals surface area (Å²) in [6, 6.07) is 0. The Morgan fingerprint density at radius 3 is 2.94 bits per heavy atom. The van der Waals surface area contributed by atoms with Crippen molar-refractivity contribution < 1.29 is 4.79 Å². The molecule has 18 heavy (non-hydrogen) atoms. The van der Waals surface area contributed by atoms with E-state index in [1.165, 1.54) is 0 Å². The summed E-state index contributed by atoms with van der Waals surface area (Å²) in [5.74, 6) is 1.71. The maximum absolute atomic E-state index is 11.9. The summed E-state index contributed by atoms with van der Waals surface area (Å²) in [6.07, 6.45) is 7.81. The zero-order valence-corrected chi connectivity index (χ0v) is 11.6. The van der Waals surface area contributed by atoms with Gasteiger partial charge >= 0.3 is 0 Å². The number of ketones is 1. The van der Waals surface area contributed by atoms with Crippen LogP contribution < -0.4 is 5.73 Å². The van der Waals surface area contributed by atoms with Crippen molar-refractivity contribution in [2.75, 3.05) is 6.54 Å². The standard InChI is InChI=1S/C14H25N3O/c1-3-9-17-10-8-16-14(17)11-13(18)5-4-12(2)6-7-15/h8,10,12H,3-7,9,11,15H2,1-2H3. The number of aryl methyl sites for hydroxylation is 1. The molecule has 4 nitrogen and oxygen atoms in total. The maximum atomic E-state index is 11.9. The molecule has 0 aliphatic heterocycles. The van der Waals surface area contributed by atoms with E-state index in [9.17, 15) is 4.79 Å². The Bertz CT molecular complexity index is 360. The van der Waals surface area contributed by atoms with E-state index < -0.39 is 0 Å². The van der Waals surface area contributed by atoms with Crippen molar-refractivity contribution in [3.8, 4) is 0 Å². The zero-order chi connectivity index (χ0) is 13.4. The largest absolute Gasteiger partial charge is 0.335 e. The van der Waals surface area contributed by atoms with Gasteiger partial charge in [0.15, 0.2) is 0 Å². The van der Waals surface area contributed by atoms with Crippen LogP contribution in [0.3, 0.4) is 0 Å². The molecule has 0 amide bonds. The second kappa shape index (κ2) is 8.03. The fraction of sp³-hybridized carbons (Fsp3) is 0.714. The van der Waals surface area contributed by atoms with Gasteiger partial charge in [-0.2, -0.15) is 0 Å². The summed E-state index contributed by atoms with van der Waals surface area (Å²) in [5, 5.41) is 0. The minimum absolute atomic E-state index is 0.280. The van der Waals surface area contributed by atoms with Crippen molar-refractivity contribution in [1.29, 1.82) is 0 Å². The predicted octanol–water partition coefficient (Wildman–Crippen LogP) is 2.17. The molecule has 0 aromatic carbocycles. The molecule has 0 aliphatic rings. The van der Waals surface area contributed by atoms with Crippen molar-refractivity contribution in [3.05, 3.63) is 18.2 Å².